The number of ether oxygens (including phenoxy) is 3. The summed E-state index contributed by atoms with van der Waals surface area (Å²) in [4.78, 5) is 36.3. The Morgan fingerprint density at radius 2 is 1.73 bits per heavy atom. The van der Waals surface area contributed by atoms with Crippen molar-refractivity contribution in [2.24, 2.45) is 0 Å². The molecule has 0 radical (unpaired) electrons. The summed E-state index contributed by atoms with van der Waals surface area (Å²) in [5, 5.41) is 14.3. The van der Waals surface area contributed by atoms with Crippen molar-refractivity contribution in [3.05, 3.63) is 59.7 Å². The molecule has 0 aromatic heterocycles. The van der Waals surface area contributed by atoms with Crippen LogP contribution in [0.1, 0.15) is 23.5 Å². The van der Waals surface area contributed by atoms with Crippen LogP contribution in [0.15, 0.2) is 48.5 Å². The van der Waals surface area contributed by atoms with Gasteiger partial charge < -0.3 is 30.0 Å². The highest BCUT2D eigenvalue weighted by Crippen LogP contribution is 2.44. The summed E-state index contributed by atoms with van der Waals surface area (Å²) in [7, 11) is 1.34. The quantitative estimate of drug-likeness (QED) is 0.557. The molecule has 1 aliphatic heterocycles. The van der Waals surface area contributed by atoms with Gasteiger partial charge in [0.2, 0.25) is 0 Å². The lowest BCUT2D eigenvalue weighted by molar-refractivity contribution is -0.145. The molecule has 1 saturated heterocycles. The van der Waals surface area contributed by atoms with Gasteiger partial charge in [-0.2, -0.15) is 0 Å². The molecule has 2 aromatic carbocycles. The number of carboxylic acids is 1. The van der Waals surface area contributed by atoms with Crippen LogP contribution in [0.2, 0.25) is 0 Å². The standard InChI is InChI=1S/C24H26N2O7/c1-31-13-20(23(28)29)25-22(27)21-19(10-11-32-21)26-24(30)33-12-18-16-8-4-2-6-14(16)15-7-3-5-9-17(15)18/h2-9,18-21H,10-13H2,1H3,(H,25,27)(H,26,30)(H,28,29)/t19?,20-,21?/m0/s1. The fraction of sp³-hybridized carbons (Fsp3) is 0.375. The van der Waals surface area contributed by atoms with Crippen molar-refractivity contribution in [1.29, 1.82) is 0 Å². The molecule has 3 atom stereocenters. The normalized spacial score (nSPS) is 19.9. The van der Waals surface area contributed by atoms with Gasteiger partial charge in [-0.25, -0.2) is 9.59 Å². The summed E-state index contributed by atoms with van der Waals surface area (Å²) < 4.78 is 15.8. The van der Waals surface area contributed by atoms with E-state index in [1.165, 1.54) is 7.11 Å². The molecule has 2 aromatic rings. The molecule has 9 nitrogen and oxygen atoms in total. The number of hydrogen-bond donors (Lipinski definition) is 3. The third-order valence-corrected chi connectivity index (χ3v) is 5.94. The van der Waals surface area contributed by atoms with Crippen molar-refractivity contribution in [2.75, 3.05) is 26.9 Å². The first-order valence-electron chi connectivity index (χ1n) is 10.7. The van der Waals surface area contributed by atoms with Gasteiger partial charge in [-0.1, -0.05) is 48.5 Å². The number of hydrogen-bond acceptors (Lipinski definition) is 6. The zero-order chi connectivity index (χ0) is 23.4. The van der Waals surface area contributed by atoms with E-state index < -0.39 is 36.2 Å². The fourth-order valence-corrected chi connectivity index (χ4v) is 4.38. The summed E-state index contributed by atoms with van der Waals surface area (Å²) in [6.45, 7) is 0.228. The van der Waals surface area contributed by atoms with E-state index >= 15 is 0 Å². The molecule has 1 fully saturated rings. The highest BCUT2D eigenvalue weighted by atomic mass is 16.6. The number of carbonyl (C=O) groups excluding carboxylic acids is 2. The highest BCUT2D eigenvalue weighted by molar-refractivity contribution is 5.87. The smallest absolute Gasteiger partial charge is 0.407 e. The number of amides is 2. The number of rotatable bonds is 8. The molecule has 2 aliphatic rings. The third-order valence-electron chi connectivity index (χ3n) is 5.94. The van der Waals surface area contributed by atoms with Gasteiger partial charge in [-0.3, -0.25) is 4.79 Å². The molecule has 174 valence electrons. The maximum atomic E-state index is 12.5. The number of methoxy groups -OCH3 is 1. The van der Waals surface area contributed by atoms with Gasteiger partial charge in [0.25, 0.3) is 5.91 Å². The van der Waals surface area contributed by atoms with E-state index in [0.717, 1.165) is 22.3 Å². The Bertz CT molecular complexity index is 995. The van der Waals surface area contributed by atoms with Crippen LogP contribution < -0.4 is 10.6 Å². The van der Waals surface area contributed by atoms with Gasteiger partial charge in [-0.15, -0.1) is 0 Å². The summed E-state index contributed by atoms with van der Waals surface area (Å²) in [6.07, 6.45) is -1.26. The molecule has 0 spiro atoms. The number of aliphatic carboxylic acids is 1. The van der Waals surface area contributed by atoms with E-state index in [4.69, 9.17) is 14.2 Å². The molecule has 1 aliphatic carbocycles. The lowest BCUT2D eigenvalue weighted by atomic mass is 9.98. The van der Waals surface area contributed by atoms with Gasteiger partial charge in [0.05, 0.1) is 12.6 Å². The Balaban J connectivity index is 1.36. The summed E-state index contributed by atoms with van der Waals surface area (Å²) in [5.41, 5.74) is 4.47. The highest BCUT2D eigenvalue weighted by Gasteiger charge is 2.38. The van der Waals surface area contributed by atoms with Crippen molar-refractivity contribution >= 4 is 18.0 Å². The van der Waals surface area contributed by atoms with Crippen LogP contribution >= 0.6 is 0 Å². The number of carboxylic acid groups (broad SMARTS) is 1. The largest absolute Gasteiger partial charge is 0.480 e. The number of alkyl carbamates (subject to hydrolysis) is 1. The monoisotopic (exact) mass is 454 g/mol. The summed E-state index contributed by atoms with van der Waals surface area (Å²) >= 11 is 0. The third kappa shape index (κ3) is 4.84. The Labute approximate surface area is 191 Å². The van der Waals surface area contributed by atoms with E-state index in [0.29, 0.717) is 6.42 Å². The van der Waals surface area contributed by atoms with Gasteiger partial charge in [0.1, 0.15) is 6.61 Å². The Morgan fingerprint density at radius 1 is 1.09 bits per heavy atom. The number of carbonyl (C=O) groups is 3. The van der Waals surface area contributed by atoms with Crippen LogP contribution in [-0.4, -0.2) is 68.2 Å². The van der Waals surface area contributed by atoms with Gasteiger partial charge in [-0.05, 0) is 28.7 Å². The van der Waals surface area contributed by atoms with Crippen LogP contribution in [0, 0.1) is 0 Å². The first-order chi connectivity index (χ1) is 16.0. The first kappa shape index (κ1) is 22.8. The van der Waals surface area contributed by atoms with Gasteiger partial charge in [0, 0.05) is 19.6 Å². The lowest BCUT2D eigenvalue weighted by Gasteiger charge is -2.22. The van der Waals surface area contributed by atoms with E-state index in [2.05, 4.69) is 22.8 Å². The zero-order valence-corrected chi connectivity index (χ0v) is 18.2. The van der Waals surface area contributed by atoms with E-state index in [1.54, 1.807) is 0 Å². The molecule has 9 heteroatoms. The molecule has 0 bridgehead atoms. The Kier molecular flexibility index (Phi) is 6.90. The number of benzene rings is 2. The molecular weight excluding hydrogens is 428 g/mol. The van der Waals surface area contributed by atoms with Crippen LogP contribution in [0.3, 0.4) is 0 Å². The second kappa shape index (κ2) is 10.0. The molecular formula is C24H26N2O7. The molecule has 4 rings (SSSR count). The minimum absolute atomic E-state index is 0.0764. The maximum absolute atomic E-state index is 12.5. The van der Waals surface area contributed by atoms with Crippen molar-refractivity contribution in [3.8, 4) is 11.1 Å². The van der Waals surface area contributed by atoms with Crippen LogP contribution in [-0.2, 0) is 23.8 Å². The van der Waals surface area contributed by atoms with Crippen molar-refractivity contribution < 1.29 is 33.7 Å². The molecule has 3 N–H and O–H groups in total. The first-order valence-corrected chi connectivity index (χ1v) is 10.7. The molecule has 33 heavy (non-hydrogen) atoms. The van der Waals surface area contributed by atoms with Crippen LogP contribution in [0.25, 0.3) is 11.1 Å². The Morgan fingerprint density at radius 3 is 2.33 bits per heavy atom. The van der Waals surface area contributed by atoms with Crippen LogP contribution in [0.5, 0.6) is 0 Å². The second-order valence-electron chi connectivity index (χ2n) is 8.01. The number of fused-ring (bicyclic) bond motifs is 3. The predicted molar refractivity (Wildman–Crippen MR) is 118 cm³/mol. The molecule has 2 unspecified atom stereocenters. The topological polar surface area (TPSA) is 123 Å². The zero-order valence-electron chi connectivity index (χ0n) is 18.2. The van der Waals surface area contributed by atoms with E-state index in [-0.39, 0.29) is 25.7 Å². The molecule has 2 amide bonds. The maximum Gasteiger partial charge on any atom is 0.407 e. The van der Waals surface area contributed by atoms with E-state index in [1.807, 2.05) is 36.4 Å². The van der Waals surface area contributed by atoms with Crippen molar-refractivity contribution in [2.45, 2.75) is 30.5 Å². The van der Waals surface area contributed by atoms with E-state index in [9.17, 15) is 19.5 Å². The van der Waals surface area contributed by atoms with Crippen molar-refractivity contribution in [1.82, 2.24) is 10.6 Å². The van der Waals surface area contributed by atoms with Gasteiger partial charge >= 0.3 is 12.1 Å². The lowest BCUT2D eigenvalue weighted by Crippen LogP contribution is -2.53. The molecule has 0 saturated carbocycles. The van der Waals surface area contributed by atoms with Crippen molar-refractivity contribution in [3.63, 3.8) is 0 Å². The minimum Gasteiger partial charge on any atom is -0.480 e. The predicted octanol–water partition coefficient (Wildman–Crippen LogP) is 1.90. The minimum atomic E-state index is -1.22. The number of nitrogens with one attached hydrogen (secondary N) is 2. The SMILES string of the molecule is COC[C@H](NC(=O)C1OCCC1NC(=O)OCC1c2ccccc2-c2ccccc21)C(=O)O. The summed E-state index contributed by atoms with van der Waals surface area (Å²) in [5.74, 6) is -1.92. The van der Waals surface area contributed by atoms with Gasteiger partial charge in [0.15, 0.2) is 12.1 Å². The Hall–Kier alpha value is -3.43. The average molecular weight is 454 g/mol. The average Bonchev–Trinajstić information content (AvgIpc) is 3.40. The fourth-order valence-electron chi connectivity index (χ4n) is 4.38. The summed E-state index contributed by atoms with van der Waals surface area (Å²) in [6, 6.07) is 14.2. The second-order valence-corrected chi connectivity index (χ2v) is 8.01. The molecule has 1 heterocycles. The van der Waals surface area contributed by atoms with Crippen LogP contribution in [0.4, 0.5) is 4.79 Å².